The zero-order valence-electron chi connectivity index (χ0n) is 18.9. The highest BCUT2D eigenvalue weighted by Gasteiger charge is 2.39. The fourth-order valence-electron chi connectivity index (χ4n) is 4.21. The summed E-state index contributed by atoms with van der Waals surface area (Å²) in [6.07, 6.45) is 4.14. The van der Waals surface area contributed by atoms with Gasteiger partial charge in [0.05, 0.1) is 12.6 Å². The number of hydrogen-bond donors (Lipinski definition) is 2. The predicted molar refractivity (Wildman–Crippen MR) is 126 cm³/mol. The van der Waals surface area contributed by atoms with Crippen LogP contribution in [0.25, 0.3) is 0 Å². The Labute approximate surface area is 187 Å². The highest BCUT2D eigenvalue weighted by molar-refractivity contribution is 5.82. The van der Waals surface area contributed by atoms with Crippen molar-refractivity contribution in [3.05, 3.63) is 72.1 Å². The number of halogens is 1. The lowest BCUT2D eigenvalue weighted by Gasteiger charge is -2.42. The zero-order valence-corrected chi connectivity index (χ0v) is 18.9. The lowest BCUT2D eigenvalue weighted by atomic mass is 9.87. The maximum absolute atomic E-state index is 13.5. The van der Waals surface area contributed by atoms with Gasteiger partial charge in [0, 0.05) is 20.1 Å². The van der Waals surface area contributed by atoms with E-state index in [0.717, 1.165) is 23.3 Å². The van der Waals surface area contributed by atoms with Crippen molar-refractivity contribution in [3.63, 3.8) is 0 Å². The first-order chi connectivity index (χ1) is 15.0. The van der Waals surface area contributed by atoms with Crippen molar-refractivity contribution in [2.45, 2.75) is 57.8 Å². The van der Waals surface area contributed by atoms with Crippen LogP contribution < -0.4 is 11.1 Å². The van der Waals surface area contributed by atoms with Gasteiger partial charge in [0.2, 0.25) is 0 Å². The molecule has 31 heavy (non-hydrogen) atoms. The summed E-state index contributed by atoms with van der Waals surface area (Å²) >= 11 is 0. The van der Waals surface area contributed by atoms with Crippen LogP contribution in [0.2, 0.25) is 0 Å². The Hall–Kier alpha value is -2.28. The van der Waals surface area contributed by atoms with Crippen molar-refractivity contribution in [1.82, 2.24) is 10.2 Å². The van der Waals surface area contributed by atoms with Gasteiger partial charge in [0.25, 0.3) is 5.91 Å². The monoisotopic (exact) mass is 431 g/mol. The number of carbonyl (C=O) groups excluding carboxylic acids is 1. The molecule has 3 N–H and O–H groups in total. The first-order valence-electron chi connectivity index (χ1n) is 11.1. The van der Waals surface area contributed by atoms with Crippen LogP contribution in [0, 0.1) is 5.82 Å². The second-order valence-electron chi connectivity index (χ2n) is 7.51. The van der Waals surface area contributed by atoms with E-state index in [1.807, 2.05) is 31.7 Å². The van der Waals surface area contributed by atoms with E-state index in [1.54, 1.807) is 18.2 Å². The van der Waals surface area contributed by atoms with Crippen LogP contribution in [0.3, 0.4) is 0 Å². The van der Waals surface area contributed by atoms with Gasteiger partial charge < -0.3 is 20.7 Å². The summed E-state index contributed by atoms with van der Waals surface area (Å²) < 4.78 is 19.4. The standard InChI is InChI=1S/C23H30FN3O2.C2H6.H2/c1-4-15-11-12-27(22(18(15)5-2)16-7-9-17(24)10-8-16)23(28)21-13-19(25)20(14-29-21)26-6-3;1-2;/h4-5,7-10,19-22,26H,1-2,6,11-14,25H2,3H3;1-2H3;1H/t19-,20?,21+,22-;;/m0../s1. The van der Waals surface area contributed by atoms with Crippen molar-refractivity contribution >= 4 is 5.91 Å². The number of nitrogens with two attached hydrogens (primary N) is 1. The fourth-order valence-corrected chi connectivity index (χ4v) is 4.21. The largest absolute Gasteiger partial charge is 0.367 e. The molecule has 0 radical (unpaired) electrons. The first-order valence-corrected chi connectivity index (χ1v) is 11.1. The number of rotatable bonds is 6. The Bertz CT molecular complexity index is 797. The van der Waals surface area contributed by atoms with E-state index < -0.39 is 6.10 Å². The molecule has 1 unspecified atom stereocenters. The van der Waals surface area contributed by atoms with Gasteiger partial charge >= 0.3 is 0 Å². The zero-order chi connectivity index (χ0) is 23.0. The number of benzene rings is 1. The third kappa shape index (κ3) is 5.70. The molecule has 0 saturated carbocycles. The van der Waals surface area contributed by atoms with Crippen LogP contribution in [0.5, 0.6) is 0 Å². The van der Waals surface area contributed by atoms with Crippen LogP contribution in [0.1, 0.15) is 46.6 Å². The van der Waals surface area contributed by atoms with E-state index in [-0.39, 0.29) is 31.3 Å². The average Bonchev–Trinajstić information content (AvgIpc) is 2.81. The van der Waals surface area contributed by atoms with Crippen LogP contribution in [0.4, 0.5) is 4.39 Å². The summed E-state index contributed by atoms with van der Waals surface area (Å²) in [4.78, 5) is 15.2. The normalized spacial score (nSPS) is 26.0. The van der Waals surface area contributed by atoms with Gasteiger partial charge in [0.15, 0.2) is 0 Å². The lowest BCUT2D eigenvalue weighted by molar-refractivity contribution is -0.150. The number of allylic oxidation sites excluding steroid dienone is 1. The number of nitrogens with zero attached hydrogens (tertiary/aromatic N) is 1. The minimum absolute atomic E-state index is 0. The third-order valence-corrected chi connectivity index (χ3v) is 5.76. The van der Waals surface area contributed by atoms with E-state index >= 15 is 0 Å². The Morgan fingerprint density at radius 2 is 2.00 bits per heavy atom. The summed E-state index contributed by atoms with van der Waals surface area (Å²) in [5.41, 5.74) is 9.08. The molecule has 1 aromatic carbocycles. The molecule has 1 saturated heterocycles. The Morgan fingerprint density at radius 3 is 2.55 bits per heavy atom. The molecule has 0 spiro atoms. The molecule has 1 amide bonds. The quantitative estimate of drug-likeness (QED) is 0.711. The smallest absolute Gasteiger partial charge is 0.252 e. The van der Waals surface area contributed by atoms with E-state index in [2.05, 4.69) is 18.5 Å². The van der Waals surface area contributed by atoms with Gasteiger partial charge in [-0.15, -0.1) is 0 Å². The molecule has 0 aliphatic carbocycles. The third-order valence-electron chi connectivity index (χ3n) is 5.76. The molecule has 4 atom stereocenters. The lowest BCUT2D eigenvalue weighted by Crippen LogP contribution is -2.57. The summed E-state index contributed by atoms with van der Waals surface area (Å²) in [6, 6.07) is 5.80. The van der Waals surface area contributed by atoms with Crippen LogP contribution in [-0.4, -0.2) is 48.7 Å². The fraction of sp³-hybridized carbons (Fsp3) is 0.480. The van der Waals surface area contributed by atoms with Gasteiger partial charge in [-0.05, 0) is 48.2 Å². The molecule has 6 heteroatoms. The van der Waals surface area contributed by atoms with E-state index in [0.29, 0.717) is 26.0 Å². The summed E-state index contributed by atoms with van der Waals surface area (Å²) in [6.45, 7) is 15.6. The summed E-state index contributed by atoms with van der Waals surface area (Å²) in [5, 5.41) is 3.30. The summed E-state index contributed by atoms with van der Waals surface area (Å²) in [5.74, 6) is -0.404. The molecule has 0 aromatic heterocycles. The van der Waals surface area contributed by atoms with Crippen LogP contribution in [-0.2, 0) is 9.53 Å². The second-order valence-corrected chi connectivity index (χ2v) is 7.51. The SMILES string of the molecule is C=CC1=C(C=C)[C@H](c2ccc(F)cc2)N(C(=O)[C@H]2C[C@H](N)C(NCC)CO2)CC1.CC.[HH]. The minimum atomic E-state index is -0.584. The average molecular weight is 432 g/mol. The molecule has 1 aromatic rings. The van der Waals surface area contributed by atoms with Gasteiger partial charge in [0.1, 0.15) is 11.9 Å². The van der Waals surface area contributed by atoms with E-state index in [4.69, 9.17) is 10.5 Å². The highest BCUT2D eigenvalue weighted by atomic mass is 19.1. The Balaban J connectivity index is 0.00000166. The number of ether oxygens (including phenoxy) is 1. The maximum atomic E-state index is 13.5. The number of nitrogens with one attached hydrogen (secondary N) is 1. The molecule has 3 rings (SSSR count). The minimum Gasteiger partial charge on any atom is -0.367 e. The number of carbonyl (C=O) groups is 1. The second kappa shape index (κ2) is 11.9. The number of likely N-dealkylation sites (N-methyl/N-ethyl adjacent to an activating group) is 1. The van der Waals surface area contributed by atoms with Crippen molar-refractivity contribution in [2.24, 2.45) is 5.73 Å². The van der Waals surface area contributed by atoms with Crippen molar-refractivity contribution < 1.29 is 15.3 Å². The number of amides is 1. The molecule has 172 valence electrons. The van der Waals surface area contributed by atoms with Crippen molar-refractivity contribution in [1.29, 1.82) is 0 Å². The van der Waals surface area contributed by atoms with Crippen LogP contribution >= 0.6 is 0 Å². The first kappa shape index (κ1) is 25.0. The molecular weight excluding hydrogens is 393 g/mol. The molecule has 2 aliphatic rings. The van der Waals surface area contributed by atoms with Gasteiger partial charge in [-0.2, -0.15) is 0 Å². The number of hydrogen-bond acceptors (Lipinski definition) is 4. The molecule has 0 bridgehead atoms. The van der Waals surface area contributed by atoms with Crippen LogP contribution in [0.15, 0.2) is 60.7 Å². The predicted octanol–water partition coefficient (Wildman–Crippen LogP) is 4.13. The topological polar surface area (TPSA) is 67.6 Å². The molecule has 5 nitrogen and oxygen atoms in total. The molecule has 2 aliphatic heterocycles. The van der Waals surface area contributed by atoms with E-state index in [9.17, 15) is 9.18 Å². The summed E-state index contributed by atoms with van der Waals surface area (Å²) in [7, 11) is 0. The maximum Gasteiger partial charge on any atom is 0.252 e. The molecular formula is C25H38FN3O2. The van der Waals surface area contributed by atoms with Gasteiger partial charge in [-0.1, -0.05) is 58.2 Å². The van der Waals surface area contributed by atoms with Gasteiger partial charge in [-0.25, -0.2) is 4.39 Å². The molecule has 2 heterocycles. The van der Waals surface area contributed by atoms with Gasteiger partial charge in [-0.3, -0.25) is 4.79 Å². The molecule has 1 fully saturated rings. The Kier molecular flexibility index (Phi) is 9.62. The van der Waals surface area contributed by atoms with Crippen molar-refractivity contribution in [3.8, 4) is 0 Å². The highest BCUT2D eigenvalue weighted by Crippen LogP contribution is 2.38. The van der Waals surface area contributed by atoms with Crippen molar-refractivity contribution in [2.75, 3.05) is 19.7 Å². The Morgan fingerprint density at radius 1 is 1.32 bits per heavy atom. The van der Waals surface area contributed by atoms with E-state index in [1.165, 1.54) is 12.1 Å².